The topological polar surface area (TPSA) is 39.9 Å². The molecule has 0 spiro atoms. The molecule has 1 aromatic rings. The lowest BCUT2D eigenvalue weighted by atomic mass is 9.97. The predicted molar refractivity (Wildman–Crippen MR) is 58.0 cm³/mol. The van der Waals surface area contributed by atoms with Crippen LogP contribution in [-0.2, 0) is 6.54 Å². The fourth-order valence-corrected chi connectivity index (χ4v) is 1.92. The van der Waals surface area contributed by atoms with Crippen molar-refractivity contribution in [2.75, 3.05) is 13.1 Å². The Labute approximate surface area is 90.4 Å². The van der Waals surface area contributed by atoms with E-state index in [0.29, 0.717) is 5.69 Å². The van der Waals surface area contributed by atoms with Gasteiger partial charge < -0.3 is 0 Å². The maximum atomic E-state index is 8.72. The van der Waals surface area contributed by atoms with Crippen molar-refractivity contribution in [3.63, 3.8) is 0 Å². The van der Waals surface area contributed by atoms with Gasteiger partial charge in [-0.05, 0) is 18.1 Å². The van der Waals surface area contributed by atoms with E-state index in [9.17, 15) is 0 Å². The third-order valence-corrected chi connectivity index (χ3v) is 2.92. The number of nitriles is 1. The molecule has 1 fully saturated rings. The molecular weight excluding hydrogens is 186 g/mol. The molecule has 0 unspecified atom stereocenters. The van der Waals surface area contributed by atoms with Crippen LogP contribution in [0.3, 0.4) is 0 Å². The normalized spacial score (nSPS) is 17.1. The Bertz CT molecular complexity index is 375. The highest BCUT2D eigenvalue weighted by atomic mass is 15.2. The first-order valence-corrected chi connectivity index (χ1v) is 5.40. The summed E-state index contributed by atoms with van der Waals surface area (Å²) in [6.07, 6.45) is 1.27. The van der Waals surface area contributed by atoms with E-state index in [1.807, 2.05) is 12.1 Å². The average Bonchev–Trinajstić information content (AvgIpc) is 2.23. The van der Waals surface area contributed by atoms with Gasteiger partial charge in [0.2, 0.25) is 0 Å². The number of hydrogen-bond acceptors (Lipinski definition) is 3. The second-order valence-corrected chi connectivity index (χ2v) is 4.09. The summed E-state index contributed by atoms with van der Waals surface area (Å²) in [5, 5.41) is 8.72. The zero-order valence-electron chi connectivity index (χ0n) is 8.98. The van der Waals surface area contributed by atoms with Crippen LogP contribution in [0.15, 0.2) is 18.2 Å². The van der Waals surface area contributed by atoms with Gasteiger partial charge in [0.25, 0.3) is 0 Å². The van der Waals surface area contributed by atoms with Gasteiger partial charge >= 0.3 is 0 Å². The molecular formula is C12H15N3. The average molecular weight is 201 g/mol. The van der Waals surface area contributed by atoms with Gasteiger partial charge in [-0.15, -0.1) is 0 Å². The first-order valence-electron chi connectivity index (χ1n) is 5.40. The Hall–Kier alpha value is -1.40. The lowest BCUT2D eigenvalue weighted by molar-refractivity contribution is 0.0885. The van der Waals surface area contributed by atoms with Gasteiger partial charge in [0.15, 0.2) is 0 Å². The summed E-state index contributed by atoms with van der Waals surface area (Å²) in [6.45, 7) is 5.46. The highest BCUT2D eigenvalue weighted by Crippen LogP contribution is 2.20. The van der Waals surface area contributed by atoms with Crippen LogP contribution in [0.1, 0.15) is 24.7 Å². The summed E-state index contributed by atoms with van der Waals surface area (Å²) in [5.74, 6) is 0.865. The van der Waals surface area contributed by atoms with Crippen LogP contribution in [0, 0.1) is 17.2 Å². The Morgan fingerprint density at radius 3 is 3.00 bits per heavy atom. The second kappa shape index (κ2) is 4.41. The summed E-state index contributed by atoms with van der Waals surface area (Å²) in [4.78, 5) is 6.63. The van der Waals surface area contributed by atoms with Gasteiger partial charge in [0, 0.05) is 19.6 Å². The molecule has 0 saturated carbocycles. The zero-order chi connectivity index (χ0) is 10.7. The predicted octanol–water partition coefficient (Wildman–Crippen LogP) is 1.80. The first kappa shape index (κ1) is 10.1. The third kappa shape index (κ3) is 2.34. The van der Waals surface area contributed by atoms with Crippen molar-refractivity contribution in [1.29, 1.82) is 5.26 Å². The van der Waals surface area contributed by atoms with Crippen molar-refractivity contribution < 1.29 is 0 Å². The SMILES string of the molecule is CCC1CN(Cc2cccc(C#N)n2)C1. The molecule has 2 heterocycles. The maximum absolute atomic E-state index is 8.72. The third-order valence-electron chi connectivity index (χ3n) is 2.92. The van der Waals surface area contributed by atoms with Crippen LogP contribution in [0.2, 0.25) is 0 Å². The number of nitrogens with zero attached hydrogens (tertiary/aromatic N) is 3. The van der Waals surface area contributed by atoms with E-state index >= 15 is 0 Å². The Balaban J connectivity index is 1.92. The van der Waals surface area contributed by atoms with Gasteiger partial charge in [-0.1, -0.05) is 19.4 Å². The van der Waals surface area contributed by atoms with Crippen LogP contribution in [-0.4, -0.2) is 23.0 Å². The summed E-state index contributed by atoms with van der Waals surface area (Å²) in [7, 11) is 0. The van der Waals surface area contributed by atoms with Gasteiger partial charge in [0.1, 0.15) is 11.8 Å². The minimum atomic E-state index is 0.514. The molecule has 1 aliphatic rings. The molecule has 0 bridgehead atoms. The lowest BCUT2D eigenvalue weighted by Gasteiger charge is -2.38. The van der Waals surface area contributed by atoms with E-state index in [1.165, 1.54) is 19.5 Å². The quantitative estimate of drug-likeness (QED) is 0.748. The Kier molecular flexibility index (Phi) is 2.98. The van der Waals surface area contributed by atoms with E-state index in [1.54, 1.807) is 6.07 Å². The molecule has 0 amide bonds. The molecule has 3 nitrogen and oxygen atoms in total. The summed E-state index contributed by atoms with van der Waals surface area (Å²) < 4.78 is 0. The Morgan fingerprint density at radius 2 is 2.33 bits per heavy atom. The molecule has 3 heteroatoms. The van der Waals surface area contributed by atoms with E-state index in [0.717, 1.165) is 18.2 Å². The highest BCUT2D eigenvalue weighted by Gasteiger charge is 2.24. The number of likely N-dealkylation sites (tertiary alicyclic amines) is 1. The molecule has 1 aliphatic heterocycles. The maximum Gasteiger partial charge on any atom is 0.140 e. The second-order valence-electron chi connectivity index (χ2n) is 4.09. The van der Waals surface area contributed by atoms with Crippen molar-refractivity contribution in [3.8, 4) is 6.07 Å². The van der Waals surface area contributed by atoms with E-state index < -0.39 is 0 Å². The fraction of sp³-hybridized carbons (Fsp3) is 0.500. The highest BCUT2D eigenvalue weighted by molar-refractivity contribution is 5.22. The number of aromatic nitrogens is 1. The number of pyridine rings is 1. The lowest BCUT2D eigenvalue weighted by Crippen LogP contribution is -2.45. The zero-order valence-corrected chi connectivity index (χ0v) is 8.98. The minimum absolute atomic E-state index is 0.514. The summed E-state index contributed by atoms with van der Waals surface area (Å²) >= 11 is 0. The van der Waals surface area contributed by atoms with Crippen molar-refractivity contribution in [3.05, 3.63) is 29.6 Å². The molecule has 0 radical (unpaired) electrons. The molecule has 0 aliphatic carbocycles. The molecule has 78 valence electrons. The van der Waals surface area contributed by atoms with Gasteiger partial charge in [-0.3, -0.25) is 4.90 Å². The minimum Gasteiger partial charge on any atom is -0.297 e. The molecule has 15 heavy (non-hydrogen) atoms. The monoisotopic (exact) mass is 201 g/mol. The van der Waals surface area contributed by atoms with E-state index in [2.05, 4.69) is 22.9 Å². The summed E-state index contributed by atoms with van der Waals surface area (Å²) in [6, 6.07) is 7.70. The molecule has 0 N–H and O–H groups in total. The molecule has 0 aromatic carbocycles. The van der Waals surface area contributed by atoms with Crippen molar-refractivity contribution in [1.82, 2.24) is 9.88 Å². The van der Waals surface area contributed by atoms with Gasteiger partial charge in [-0.25, -0.2) is 4.98 Å². The standard InChI is InChI=1S/C12H15N3/c1-2-10-7-15(8-10)9-12-5-3-4-11(6-13)14-12/h3-5,10H,2,7-9H2,1H3. The van der Waals surface area contributed by atoms with E-state index in [-0.39, 0.29) is 0 Å². The smallest absolute Gasteiger partial charge is 0.140 e. The molecule has 1 aromatic heterocycles. The molecule has 0 atom stereocenters. The Morgan fingerprint density at radius 1 is 1.53 bits per heavy atom. The number of rotatable bonds is 3. The van der Waals surface area contributed by atoms with Gasteiger partial charge in [-0.2, -0.15) is 5.26 Å². The fourth-order valence-electron chi connectivity index (χ4n) is 1.92. The van der Waals surface area contributed by atoms with Crippen LogP contribution in [0.25, 0.3) is 0 Å². The number of hydrogen-bond donors (Lipinski definition) is 0. The van der Waals surface area contributed by atoms with Crippen molar-refractivity contribution >= 4 is 0 Å². The first-order chi connectivity index (χ1) is 7.31. The van der Waals surface area contributed by atoms with Crippen LogP contribution < -0.4 is 0 Å². The largest absolute Gasteiger partial charge is 0.297 e. The van der Waals surface area contributed by atoms with E-state index in [4.69, 9.17) is 5.26 Å². The van der Waals surface area contributed by atoms with Crippen LogP contribution in [0.4, 0.5) is 0 Å². The molecule has 2 rings (SSSR count). The summed E-state index contributed by atoms with van der Waals surface area (Å²) in [5.41, 5.74) is 1.52. The van der Waals surface area contributed by atoms with Gasteiger partial charge in [0.05, 0.1) is 5.69 Å². The van der Waals surface area contributed by atoms with Crippen LogP contribution >= 0.6 is 0 Å². The van der Waals surface area contributed by atoms with Crippen molar-refractivity contribution in [2.24, 2.45) is 5.92 Å². The van der Waals surface area contributed by atoms with Crippen LogP contribution in [0.5, 0.6) is 0 Å². The van der Waals surface area contributed by atoms with Crippen molar-refractivity contribution in [2.45, 2.75) is 19.9 Å². The molecule has 1 saturated heterocycles.